The summed E-state index contributed by atoms with van der Waals surface area (Å²) in [4.78, 5) is 15.9. The molecule has 2 heterocycles. The van der Waals surface area contributed by atoms with Gasteiger partial charge >= 0.3 is 0 Å². The van der Waals surface area contributed by atoms with Crippen LogP contribution in [0.3, 0.4) is 0 Å². The van der Waals surface area contributed by atoms with E-state index >= 15 is 0 Å². The Morgan fingerprint density at radius 2 is 1.75 bits per heavy atom. The summed E-state index contributed by atoms with van der Waals surface area (Å²) >= 11 is 2.27. The summed E-state index contributed by atoms with van der Waals surface area (Å²) in [7, 11) is 0. The van der Waals surface area contributed by atoms with Gasteiger partial charge in [-0.2, -0.15) is 9.61 Å². The number of hydrogen-bond acceptors (Lipinski definition) is 2. The molecule has 2 aromatic carbocycles. The van der Waals surface area contributed by atoms with Gasteiger partial charge in [0.25, 0.3) is 5.56 Å². The maximum absolute atomic E-state index is 12.5. The van der Waals surface area contributed by atoms with Gasteiger partial charge in [0.2, 0.25) is 0 Å². The average molecular weight is 427 g/mol. The smallest absolute Gasteiger partial charge is 0.274 e. The minimum atomic E-state index is -0.136. The number of rotatable bonds is 2. The molecule has 0 atom stereocenters. The third-order valence-electron chi connectivity index (χ3n) is 3.99. The predicted octanol–water partition coefficient (Wildman–Crippen LogP) is 4.27. The molecule has 0 saturated heterocycles. The van der Waals surface area contributed by atoms with Crippen molar-refractivity contribution >= 4 is 28.2 Å². The lowest BCUT2D eigenvalue weighted by Crippen LogP contribution is -2.14. The SMILES string of the molecule is Cc1nn2c(=O)cc(-c3cccc(I)c3)[nH]c2c1-c1ccccc1. The van der Waals surface area contributed by atoms with Crippen molar-refractivity contribution in [2.75, 3.05) is 0 Å². The number of aromatic amines is 1. The van der Waals surface area contributed by atoms with Gasteiger partial charge in [-0.25, -0.2) is 0 Å². The molecule has 0 bridgehead atoms. The molecule has 0 spiro atoms. The highest BCUT2D eigenvalue weighted by atomic mass is 127. The van der Waals surface area contributed by atoms with Gasteiger partial charge in [0, 0.05) is 15.2 Å². The molecular formula is C19H14IN3O. The van der Waals surface area contributed by atoms with E-state index in [-0.39, 0.29) is 5.56 Å². The van der Waals surface area contributed by atoms with Crippen LogP contribution in [0.5, 0.6) is 0 Å². The molecule has 0 amide bonds. The molecule has 4 nitrogen and oxygen atoms in total. The van der Waals surface area contributed by atoms with Crippen molar-refractivity contribution in [3.8, 4) is 22.4 Å². The monoisotopic (exact) mass is 427 g/mol. The normalized spacial score (nSPS) is 11.1. The minimum Gasteiger partial charge on any atom is -0.339 e. The third kappa shape index (κ3) is 2.54. The average Bonchev–Trinajstić information content (AvgIpc) is 2.92. The van der Waals surface area contributed by atoms with Gasteiger partial charge in [-0.1, -0.05) is 42.5 Å². The highest BCUT2D eigenvalue weighted by Crippen LogP contribution is 2.27. The van der Waals surface area contributed by atoms with Crippen molar-refractivity contribution < 1.29 is 0 Å². The molecule has 24 heavy (non-hydrogen) atoms. The maximum atomic E-state index is 12.5. The lowest BCUT2D eigenvalue weighted by atomic mass is 10.1. The van der Waals surface area contributed by atoms with E-state index in [1.165, 1.54) is 4.52 Å². The second-order valence-electron chi connectivity index (χ2n) is 5.62. The molecular weight excluding hydrogens is 413 g/mol. The molecule has 4 aromatic rings. The van der Waals surface area contributed by atoms with Gasteiger partial charge in [0.05, 0.1) is 11.4 Å². The van der Waals surface area contributed by atoms with Crippen LogP contribution in [0, 0.1) is 10.5 Å². The first-order valence-electron chi connectivity index (χ1n) is 7.57. The van der Waals surface area contributed by atoms with E-state index in [0.29, 0.717) is 0 Å². The number of aryl methyl sites for hydroxylation is 1. The van der Waals surface area contributed by atoms with Gasteiger partial charge in [-0.3, -0.25) is 4.79 Å². The van der Waals surface area contributed by atoms with Gasteiger partial charge in [-0.05, 0) is 52.8 Å². The Morgan fingerprint density at radius 1 is 1.00 bits per heavy atom. The Balaban J connectivity index is 2.02. The van der Waals surface area contributed by atoms with Crippen LogP contribution in [0.2, 0.25) is 0 Å². The predicted molar refractivity (Wildman–Crippen MR) is 104 cm³/mol. The van der Waals surface area contributed by atoms with E-state index in [1.807, 2.05) is 61.5 Å². The topological polar surface area (TPSA) is 50.2 Å². The van der Waals surface area contributed by atoms with E-state index < -0.39 is 0 Å². The van der Waals surface area contributed by atoms with Gasteiger partial charge in [0.15, 0.2) is 0 Å². The Kier molecular flexibility index (Phi) is 3.72. The molecule has 5 heteroatoms. The summed E-state index contributed by atoms with van der Waals surface area (Å²) in [5.41, 5.74) is 5.19. The van der Waals surface area contributed by atoms with E-state index in [0.717, 1.165) is 37.3 Å². The zero-order valence-electron chi connectivity index (χ0n) is 13.0. The molecule has 1 N–H and O–H groups in total. The Labute approximate surface area is 152 Å². The third-order valence-corrected chi connectivity index (χ3v) is 4.66. The van der Waals surface area contributed by atoms with Gasteiger partial charge < -0.3 is 4.98 Å². The van der Waals surface area contributed by atoms with E-state index in [2.05, 4.69) is 32.7 Å². The number of benzene rings is 2. The van der Waals surface area contributed by atoms with Crippen molar-refractivity contribution in [1.82, 2.24) is 14.6 Å². The molecule has 0 aliphatic rings. The first kappa shape index (κ1) is 15.1. The summed E-state index contributed by atoms with van der Waals surface area (Å²) in [6.07, 6.45) is 0. The highest BCUT2D eigenvalue weighted by Gasteiger charge is 2.15. The fraction of sp³-hybridized carbons (Fsp3) is 0.0526. The number of halogens is 1. The van der Waals surface area contributed by atoms with Crippen molar-refractivity contribution in [2.24, 2.45) is 0 Å². The molecule has 2 aromatic heterocycles. The zero-order valence-corrected chi connectivity index (χ0v) is 15.1. The van der Waals surface area contributed by atoms with Crippen LogP contribution in [-0.2, 0) is 0 Å². The molecule has 4 rings (SSSR count). The van der Waals surface area contributed by atoms with Gasteiger partial charge in [-0.15, -0.1) is 0 Å². The highest BCUT2D eigenvalue weighted by molar-refractivity contribution is 14.1. The van der Waals surface area contributed by atoms with Crippen LogP contribution in [0.1, 0.15) is 5.69 Å². The number of nitrogens with one attached hydrogen (secondary N) is 1. The first-order valence-corrected chi connectivity index (χ1v) is 8.65. The summed E-state index contributed by atoms with van der Waals surface area (Å²) in [5.74, 6) is 0. The summed E-state index contributed by atoms with van der Waals surface area (Å²) in [5, 5.41) is 4.41. The van der Waals surface area contributed by atoms with Crippen molar-refractivity contribution in [3.05, 3.63) is 80.3 Å². The molecule has 0 unspecified atom stereocenters. The first-order chi connectivity index (χ1) is 11.6. The number of nitrogens with zero attached hydrogens (tertiary/aromatic N) is 2. The van der Waals surface area contributed by atoms with Crippen LogP contribution in [0.4, 0.5) is 0 Å². The lowest BCUT2D eigenvalue weighted by Gasteiger charge is -2.05. The number of hydrogen-bond donors (Lipinski definition) is 1. The standard InChI is InChI=1S/C19H14IN3O/c1-12-18(13-6-3-2-4-7-13)19-21-16(11-17(24)23(19)22-12)14-8-5-9-15(20)10-14/h2-11,21H,1H3. The molecule has 0 fully saturated rings. The maximum Gasteiger partial charge on any atom is 0.274 e. The second-order valence-corrected chi connectivity index (χ2v) is 6.86. The second kappa shape index (κ2) is 5.90. The van der Waals surface area contributed by atoms with E-state index in [1.54, 1.807) is 6.07 Å². The van der Waals surface area contributed by atoms with Gasteiger partial charge in [0.1, 0.15) is 5.65 Å². The van der Waals surface area contributed by atoms with Crippen LogP contribution in [-0.4, -0.2) is 14.6 Å². The van der Waals surface area contributed by atoms with E-state index in [9.17, 15) is 4.79 Å². The van der Waals surface area contributed by atoms with E-state index in [4.69, 9.17) is 0 Å². The Morgan fingerprint density at radius 3 is 2.50 bits per heavy atom. The lowest BCUT2D eigenvalue weighted by molar-refractivity contribution is 0.882. The fourth-order valence-corrected chi connectivity index (χ4v) is 3.46. The Hall–Kier alpha value is -2.41. The van der Waals surface area contributed by atoms with Crippen molar-refractivity contribution in [2.45, 2.75) is 6.92 Å². The molecule has 0 saturated carbocycles. The fourth-order valence-electron chi connectivity index (χ4n) is 2.91. The Bertz CT molecular complexity index is 1100. The summed E-state index contributed by atoms with van der Waals surface area (Å²) in [6, 6.07) is 19.7. The van der Waals surface area contributed by atoms with Crippen LogP contribution in [0.25, 0.3) is 28.0 Å². The molecule has 118 valence electrons. The molecule has 0 radical (unpaired) electrons. The molecule has 0 aliphatic heterocycles. The number of fused-ring (bicyclic) bond motifs is 1. The largest absolute Gasteiger partial charge is 0.339 e. The van der Waals surface area contributed by atoms with Crippen molar-refractivity contribution in [1.29, 1.82) is 0 Å². The van der Waals surface area contributed by atoms with Crippen LogP contribution in [0.15, 0.2) is 65.5 Å². The van der Waals surface area contributed by atoms with Crippen LogP contribution < -0.4 is 5.56 Å². The molecule has 0 aliphatic carbocycles. The summed E-state index contributed by atoms with van der Waals surface area (Å²) < 4.78 is 2.56. The quantitative estimate of drug-likeness (QED) is 0.486. The van der Waals surface area contributed by atoms with Crippen molar-refractivity contribution in [3.63, 3.8) is 0 Å². The summed E-state index contributed by atoms with van der Waals surface area (Å²) in [6.45, 7) is 1.92. The minimum absolute atomic E-state index is 0.136. The van der Waals surface area contributed by atoms with Crippen LogP contribution >= 0.6 is 22.6 Å². The number of aromatic nitrogens is 3. The zero-order chi connectivity index (χ0) is 16.7. The number of H-pyrrole nitrogens is 1.